The van der Waals surface area contributed by atoms with Crippen LogP contribution in [0.2, 0.25) is 0 Å². The van der Waals surface area contributed by atoms with Gasteiger partial charge in [-0.1, -0.05) is 109 Å². The summed E-state index contributed by atoms with van der Waals surface area (Å²) < 4.78 is 0. The molecule has 204 valence electrons. The summed E-state index contributed by atoms with van der Waals surface area (Å²) in [4.78, 5) is 0. The molecular weight excluding hydrogens is 452 g/mol. The molecule has 2 aromatic rings. The lowest BCUT2D eigenvalue weighted by Crippen LogP contribution is -2.21. The lowest BCUT2D eigenvalue weighted by molar-refractivity contribution is 0.399. The van der Waals surface area contributed by atoms with Crippen molar-refractivity contribution in [2.24, 2.45) is 0 Å². The predicted molar refractivity (Wildman–Crippen MR) is 158 cm³/mol. The van der Waals surface area contributed by atoms with E-state index in [2.05, 4.69) is 109 Å². The molecule has 2 aliphatic carbocycles. The van der Waals surface area contributed by atoms with Crippen LogP contribution in [0.25, 0.3) is 0 Å². The molecule has 2 aromatic carbocycles. The third kappa shape index (κ3) is 4.31. The van der Waals surface area contributed by atoms with Gasteiger partial charge in [-0.3, -0.25) is 0 Å². The van der Waals surface area contributed by atoms with Gasteiger partial charge in [0.05, 0.1) is 0 Å². The Labute approximate surface area is 226 Å². The second-order valence-corrected chi connectivity index (χ2v) is 16.9. The van der Waals surface area contributed by atoms with Crippen molar-refractivity contribution in [1.82, 2.24) is 0 Å². The van der Waals surface area contributed by atoms with Crippen molar-refractivity contribution in [2.45, 2.75) is 149 Å². The van der Waals surface area contributed by atoms with E-state index in [-0.39, 0.29) is 32.5 Å². The standard InChI is InChI=1S/C35H52O2/c1-30(2,3)24-16-22-26(34(11,12)18-32(22,7)8)20(28(24)36)15-21-27-23(33(9,10)19-35(27,13)14)17-25(29(21)37)31(4,5)6/h16-17,36-37H,15,18-19H2,1-14H3. The van der Waals surface area contributed by atoms with Crippen LogP contribution in [0.1, 0.15) is 154 Å². The Hall–Kier alpha value is -1.96. The molecule has 0 bridgehead atoms. The fourth-order valence-electron chi connectivity index (χ4n) is 8.31. The first-order valence-electron chi connectivity index (χ1n) is 14.2. The largest absolute Gasteiger partial charge is 0.507 e. The monoisotopic (exact) mass is 504 g/mol. The zero-order valence-electron chi connectivity index (χ0n) is 26.2. The van der Waals surface area contributed by atoms with Gasteiger partial charge in [-0.25, -0.2) is 0 Å². The molecule has 0 aromatic heterocycles. The fourth-order valence-corrected chi connectivity index (χ4v) is 8.31. The van der Waals surface area contributed by atoms with E-state index in [0.717, 1.165) is 35.1 Å². The fraction of sp³-hybridized carbons (Fsp3) is 0.657. The third-order valence-corrected chi connectivity index (χ3v) is 9.35. The molecule has 0 unspecified atom stereocenters. The normalized spacial score (nSPS) is 21.1. The molecule has 0 amide bonds. The molecule has 0 spiro atoms. The minimum Gasteiger partial charge on any atom is -0.507 e. The second-order valence-electron chi connectivity index (χ2n) is 16.9. The maximum Gasteiger partial charge on any atom is 0.123 e. The zero-order chi connectivity index (χ0) is 28.3. The van der Waals surface area contributed by atoms with E-state index < -0.39 is 0 Å². The Morgan fingerprint density at radius 1 is 0.568 bits per heavy atom. The number of aromatic hydroxyl groups is 2. The van der Waals surface area contributed by atoms with Crippen molar-refractivity contribution in [3.05, 3.63) is 56.6 Å². The zero-order valence-corrected chi connectivity index (χ0v) is 26.2. The van der Waals surface area contributed by atoms with Crippen LogP contribution in [-0.4, -0.2) is 10.2 Å². The Morgan fingerprint density at radius 2 is 0.865 bits per heavy atom. The molecule has 2 nitrogen and oxygen atoms in total. The lowest BCUT2D eigenvalue weighted by atomic mass is 9.74. The highest BCUT2D eigenvalue weighted by atomic mass is 16.3. The topological polar surface area (TPSA) is 40.5 Å². The SMILES string of the molecule is CC(C)(C)c1cc2c(c(Cc3c(O)c(C(C)(C)C)cc4c3C(C)(C)CC4(C)C)c1O)C(C)(C)CC2(C)C. The van der Waals surface area contributed by atoms with Crippen LogP contribution < -0.4 is 0 Å². The van der Waals surface area contributed by atoms with Gasteiger partial charge in [0.1, 0.15) is 11.5 Å². The van der Waals surface area contributed by atoms with Crippen LogP contribution in [0.4, 0.5) is 0 Å². The Morgan fingerprint density at radius 3 is 1.14 bits per heavy atom. The van der Waals surface area contributed by atoms with Crippen molar-refractivity contribution in [3.63, 3.8) is 0 Å². The van der Waals surface area contributed by atoms with E-state index in [1.165, 1.54) is 22.3 Å². The summed E-state index contributed by atoms with van der Waals surface area (Å²) in [5.41, 5.74) is 8.91. The molecular formula is C35H52O2. The van der Waals surface area contributed by atoms with Gasteiger partial charge in [-0.15, -0.1) is 0 Å². The highest BCUT2D eigenvalue weighted by molar-refractivity contribution is 5.65. The molecule has 0 fully saturated rings. The van der Waals surface area contributed by atoms with Crippen LogP contribution in [-0.2, 0) is 38.9 Å². The van der Waals surface area contributed by atoms with E-state index in [9.17, 15) is 10.2 Å². The molecule has 0 aliphatic heterocycles. The number of rotatable bonds is 2. The number of phenols is 2. The van der Waals surface area contributed by atoms with Gasteiger partial charge >= 0.3 is 0 Å². The first-order valence-corrected chi connectivity index (χ1v) is 14.2. The quantitative estimate of drug-likeness (QED) is 0.428. The summed E-state index contributed by atoms with van der Waals surface area (Å²) >= 11 is 0. The number of phenolic OH excluding ortho intramolecular Hbond substituents is 2. The summed E-state index contributed by atoms with van der Waals surface area (Å²) in [5.74, 6) is 0.836. The van der Waals surface area contributed by atoms with Crippen molar-refractivity contribution in [2.75, 3.05) is 0 Å². The van der Waals surface area contributed by atoms with Crippen molar-refractivity contribution < 1.29 is 10.2 Å². The second kappa shape index (κ2) is 7.80. The van der Waals surface area contributed by atoms with Crippen LogP contribution in [0.5, 0.6) is 11.5 Å². The molecule has 0 atom stereocenters. The van der Waals surface area contributed by atoms with Gasteiger partial charge in [0.25, 0.3) is 0 Å². The average molecular weight is 505 g/mol. The lowest BCUT2D eigenvalue weighted by Gasteiger charge is -2.31. The molecule has 2 heteroatoms. The van der Waals surface area contributed by atoms with E-state index in [1.807, 2.05) is 0 Å². The van der Waals surface area contributed by atoms with Crippen molar-refractivity contribution in [1.29, 1.82) is 0 Å². The van der Waals surface area contributed by atoms with Gasteiger partial charge < -0.3 is 10.2 Å². The maximum atomic E-state index is 12.0. The number of hydrogen-bond donors (Lipinski definition) is 2. The smallest absolute Gasteiger partial charge is 0.123 e. The van der Waals surface area contributed by atoms with E-state index in [0.29, 0.717) is 17.9 Å². The summed E-state index contributed by atoms with van der Waals surface area (Å²) in [7, 11) is 0. The molecule has 0 saturated carbocycles. The number of benzene rings is 2. The van der Waals surface area contributed by atoms with Gasteiger partial charge in [-0.05, 0) is 78.7 Å². The van der Waals surface area contributed by atoms with Crippen molar-refractivity contribution in [3.8, 4) is 11.5 Å². The molecule has 4 rings (SSSR count). The summed E-state index contributed by atoms with van der Waals surface area (Å²) in [6, 6.07) is 4.57. The molecule has 2 N–H and O–H groups in total. The minimum absolute atomic E-state index is 0.0276. The van der Waals surface area contributed by atoms with E-state index in [4.69, 9.17) is 0 Å². The van der Waals surface area contributed by atoms with E-state index in [1.54, 1.807) is 0 Å². The molecule has 0 radical (unpaired) electrons. The van der Waals surface area contributed by atoms with Crippen LogP contribution >= 0.6 is 0 Å². The minimum atomic E-state index is -0.185. The first-order chi connectivity index (χ1) is 16.4. The number of fused-ring (bicyclic) bond motifs is 2. The first kappa shape index (κ1) is 28.1. The predicted octanol–water partition coefficient (Wildman–Crippen LogP) is 9.20. The molecule has 37 heavy (non-hydrogen) atoms. The Balaban J connectivity index is 2.13. The molecule has 2 aliphatic rings. The summed E-state index contributed by atoms with van der Waals surface area (Å²) in [6.45, 7) is 31.8. The highest BCUT2D eigenvalue weighted by Gasteiger charge is 2.48. The third-order valence-electron chi connectivity index (χ3n) is 9.35. The average Bonchev–Trinajstić information content (AvgIpc) is 2.96. The Bertz CT molecular complexity index is 1170. The Kier molecular flexibility index (Phi) is 5.91. The maximum absolute atomic E-state index is 12.0. The van der Waals surface area contributed by atoms with E-state index >= 15 is 0 Å². The number of hydrogen-bond acceptors (Lipinski definition) is 2. The van der Waals surface area contributed by atoms with Crippen LogP contribution in [0.15, 0.2) is 12.1 Å². The van der Waals surface area contributed by atoms with Gasteiger partial charge in [0, 0.05) is 17.5 Å². The van der Waals surface area contributed by atoms with Crippen molar-refractivity contribution >= 4 is 0 Å². The molecule has 0 heterocycles. The van der Waals surface area contributed by atoms with Gasteiger partial charge in [-0.2, -0.15) is 0 Å². The molecule has 0 saturated heterocycles. The van der Waals surface area contributed by atoms with Crippen LogP contribution in [0, 0.1) is 0 Å². The summed E-state index contributed by atoms with van der Waals surface area (Å²) in [5, 5.41) is 23.9. The summed E-state index contributed by atoms with van der Waals surface area (Å²) in [6.07, 6.45) is 2.63. The van der Waals surface area contributed by atoms with Gasteiger partial charge in [0.2, 0.25) is 0 Å². The van der Waals surface area contributed by atoms with Gasteiger partial charge in [0.15, 0.2) is 0 Å². The van der Waals surface area contributed by atoms with Crippen LogP contribution in [0.3, 0.4) is 0 Å². The highest BCUT2D eigenvalue weighted by Crippen LogP contribution is 2.58.